The van der Waals surface area contributed by atoms with E-state index in [1.54, 1.807) is 5.38 Å². The molecule has 0 spiro atoms. The molecule has 2 aromatic heterocycles. The molecule has 0 aliphatic carbocycles. The fraction of sp³-hybridized carbons (Fsp3) is 0.0714. The van der Waals surface area contributed by atoms with Crippen molar-refractivity contribution in [3.8, 4) is 0 Å². The number of thiazole rings is 1. The Labute approximate surface area is 128 Å². The van der Waals surface area contributed by atoms with Gasteiger partial charge >= 0.3 is 0 Å². The summed E-state index contributed by atoms with van der Waals surface area (Å²) in [5.74, 6) is -0.640. The molecule has 0 aliphatic rings. The predicted molar refractivity (Wildman–Crippen MR) is 84.8 cm³/mol. The van der Waals surface area contributed by atoms with Gasteiger partial charge in [-0.3, -0.25) is 14.9 Å². The number of nitrogens with one attached hydrogen (secondary N) is 1. The molecule has 0 bridgehead atoms. The summed E-state index contributed by atoms with van der Waals surface area (Å²) in [4.78, 5) is 27.8. The van der Waals surface area contributed by atoms with Crippen LogP contribution in [-0.4, -0.2) is 16.8 Å². The maximum absolute atomic E-state index is 12.2. The van der Waals surface area contributed by atoms with Gasteiger partial charge in [-0.05, 0) is 17.5 Å². The summed E-state index contributed by atoms with van der Waals surface area (Å²) in [6.07, 6.45) is 0.0786. The average molecular weight is 317 g/mol. The van der Waals surface area contributed by atoms with E-state index in [1.807, 2.05) is 30.3 Å². The lowest BCUT2D eigenvalue weighted by Crippen LogP contribution is -2.14. The third-order valence-electron chi connectivity index (χ3n) is 2.78. The van der Waals surface area contributed by atoms with Crippen molar-refractivity contribution in [1.29, 1.82) is 0 Å². The number of nitrogens with zero attached hydrogens (tertiary/aromatic N) is 1. The van der Waals surface area contributed by atoms with Crippen LogP contribution in [0.2, 0.25) is 0 Å². The van der Waals surface area contributed by atoms with Gasteiger partial charge in [-0.1, -0.05) is 18.2 Å². The van der Waals surface area contributed by atoms with E-state index >= 15 is 0 Å². The molecule has 3 rings (SSSR count). The Kier molecular flexibility index (Phi) is 3.68. The quantitative estimate of drug-likeness (QED) is 0.775. The van der Waals surface area contributed by atoms with Gasteiger partial charge in [-0.15, -0.1) is 22.7 Å². The number of primary amides is 1. The first-order valence-electron chi connectivity index (χ1n) is 6.14. The standard InChI is InChI=1S/C14H11N3O2S2/c15-12(18)6-9-7-20-14(16-9)17-13(19)11-5-8-3-1-2-4-10(8)21-11/h1-5,7H,6H2,(H2,15,18)(H,16,17,19). The highest BCUT2D eigenvalue weighted by Gasteiger charge is 2.12. The first kappa shape index (κ1) is 13.7. The maximum atomic E-state index is 12.2. The number of rotatable bonds is 4. The smallest absolute Gasteiger partial charge is 0.267 e. The number of hydrogen-bond acceptors (Lipinski definition) is 5. The third kappa shape index (κ3) is 3.09. The maximum Gasteiger partial charge on any atom is 0.267 e. The lowest BCUT2D eigenvalue weighted by atomic mass is 10.2. The van der Waals surface area contributed by atoms with Gasteiger partial charge in [0.15, 0.2) is 5.13 Å². The van der Waals surface area contributed by atoms with Crippen LogP contribution in [0.4, 0.5) is 5.13 Å². The normalized spacial score (nSPS) is 10.7. The van der Waals surface area contributed by atoms with Crippen LogP contribution < -0.4 is 11.1 Å². The highest BCUT2D eigenvalue weighted by atomic mass is 32.1. The summed E-state index contributed by atoms with van der Waals surface area (Å²) in [7, 11) is 0. The van der Waals surface area contributed by atoms with Gasteiger partial charge in [0.2, 0.25) is 5.91 Å². The Bertz CT molecular complexity index is 789. The molecule has 2 heterocycles. The van der Waals surface area contributed by atoms with Crippen molar-refractivity contribution < 1.29 is 9.59 Å². The van der Waals surface area contributed by atoms with Crippen molar-refractivity contribution >= 4 is 49.7 Å². The first-order valence-corrected chi connectivity index (χ1v) is 7.84. The molecule has 106 valence electrons. The zero-order valence-electron chi connectivity index (χ0n) is 10.8. The van der Waals surface area contributed by atoms with Crippen LogP contribution in [0.15, 0.2) is 35.7 Å². The number of benzene rings is 1. The Morgan fingerprint density at radius 2 is 2.10 bits per heavy atom. The van der Waals surface area contributed by atoms with Crippen LogP contribution in [-0.2, 0) is 11.2 Å². The second-order valence-electron chi connectivity index (χ2n) is 4.39. The number of fused-ring (bicyclic) bond motifs is 1. The fourth-order valence-corrected chi connectivity index (χ4v) is 3.54. The van der Waals surface area contributed by atoms with E-state index in [0.717, 1.165) is 10.1 Å². The summed E-state index contributed by atoms with van der Waals surface area (Å²) in [5.41, 5.74) is 5.68. The number of nitrogens with two attached hydrogens (primary N) is 1. The molecule has 3 aromatic rings. The van der Waals surface area contributed by atoms with Gasteiger partial charge in [0.25, 0.3) is 5.91 Å². The molecule has 0 fully saturated rings. The van der Waals surface area contributed by atoms with Gasteiger partial charge in [-0.2, -0.15) is 0 Å². The van der Waals surface area contributed by atoms with Crippen LogP contribution in [0.3, 0.4) is 0 Å². The largest absolute Gasteiger partial charge is 0.369 e. The SMILES string of the molecule is NC(=O)Cc1csc(NC(=O)c2cc3ccccc3s2)n1. The molecule has 0 unspecified atom stereocenters. The lowest BCUT2D eigenvalue weighted by Gasteiger charge is -1.97. The molecule has 0 saturated heterocycles. The van der Waals surface area contributed by atoms with Gasteiger partial charge in [0.05, 0.1) is 17.0 Å². The van der Waals surface area contributed by atoms with Gasteiger partial charge in [-0.25, -0.2) is 4.98 Å². The van der Waals surface area contributed by atoms with E-state index in [0.29, 0.717) is 15.7 Å². The number of anilines is 1. The number of thiophene rings is 1. The van der Waals surface area contributed by atoms with E-state index in [4.69, 9.17) is 5.73 Å². The minimum atomic E-state index is -0.442. The topological polar surface area (TPSA) is 85.1 Å². The molecule has 5 nitrogen and oxygen atoms in total. The highest BCUT2D eigenvalue weighted by molar-refractivity contribution is 7.21. The molecule has 3 N–H and O–H groups in total. The Morgan fingerprint density at radius 1 is 1.29 bits per heavy atom. The minimum absolute atomic E-state index is 0.0786. The van der Waals surface area contributed by atoms with Crippen LogP contribution >= 0.6 is 22.7 Å². The fourth-order valence-electron chi connectivity index (χ4n) is 1.88. The molecule has 2 amide bonds. The Morgan fingerprint density at radius 3 is 2.86 bits per heavy atom. The molecule has 21 heavy (non-hydrogen) atoms. The number of amides is 2. The van der Waals surface area contributed by atoms with Crippen LogP contribution in [0.5, 0.6) is 0 Å². The van der Waals surface area contributed by atoms with Crippen molar-refractivity contribution in [3.05, 3.63) is 46.3 Å². The second kappa shape index (κ2) is 5.63. The Balaban J connectivity index is 1.76. The molecule has 7 heteroatoms. The van der Waals surface area contributed by atoms with Crippen LogP contribution in [0.25, 0.3) is 10.1 Å². The highest BCUT2D eigenvalue weighted by Crippen LogP contribution is 2.26. The van der Waals surface area contributed by atoms with E-state index in [-0.39, 0.29) is 12.3 Å². The second-order valence-corrected chi connectivity index (χ2v) is 6.33. The summed E-state index contributed by atoms with van der Waals surface area (Å²) < 4.78 is 1.07. The average Bonchev–Trinajstić information content (AvgIpc) is 3.04. The predicted octanol–water partition coefficient (Wildman–Crippen LogP) is 2.64. The first-order chi connectivity index (χ1) is 10.1. The van der Waals surface area contributed by atoms with E-state index < -0.39 is 5.91 Å². The van der Waals surface area contributed by atoms with Gasteiger partial charge in [0.1, 0.15) is 0 Å². The van der Waals surface area contributed by atoms with Crippen molar-refractivity contribution in [3.63, 3.8) is 0 Å². The minimum Gasteiger partial charge on any atom is -0.369 e. The molecule has 0 atom stereocenters. The number of carbonyl (C=O) groups is 2. The van der Waals surface area contributed by atoms with Gasteiger partial charge < -0.3 is 5.73 Å². The van der Waals surface area contributed by atoms with E-state index in [1.165, 1.54) is 22.7 Å². The zero-order chi connectivity index (χ0) is 14.8. The third-order valence-corrected chi connectivity index (χ3v) is 4.70. The zero-order valence-corrected chi connectivity index (χ0v) is 12.5. The molecule has 0 radical (unpaired) electrons. The van der Waals surface area contributed by atoms with Crippen molar-refractivity contribution in [2.45, 2.75) is 6.42 Å². The number of aromatic nitrogens is 1. The number of carbonyl (C=O) groups excluding carboxylic acids is 2. The monoisotopic (exact) mass is 317 g/mol. The number of hydrogen-bond donors (Lipinski definition) is 2. The van der Waals surface area contributed by atoms with E-state index in [9.17, 15) is 9.59 Å². The summed E-state index contributed by atoms with van der Waals surface area (Å²) in [6, 6.07) is 9.68. The van der Waals surface area contributed by atoms with Crippen molar-refractivity contribution in [2.24, 2.45) is 5.73 Å². The Hall–Kier alpha value is -2.25. The van der Waals surface area contributed by atoms with E-state index in [2.05, 4.69) is 10.3 Å². The molecule has 0 aliphatic heterocycles. The molecular formula is C14H11N3O2S2. The lowest BCUT2D eigenvalue weighted by molar-refractivity contribution is -0.117. The summed E-state index contributed by atoms with van der Waals surface area (Å²) >= 11 is 2.71. The molecule has 1 aromatic carbocycles. The summed E-state index contributed by atoms with van der Waals surface area (Å²) in [5, 5.41) is 5.96. The van der Waals surface area contributed by atoms with Crippen LogP contribution in [0, 0.1) is 0 Å². The van der Waals surface area contributed by atoms with Gasteiger partial charge in [0, 0.05) is 10.1 Å². The van der Waals surface area contributed by atoms with Crippen LogP contribution in [0.1, 0.15) is 15.4 Å². The molecule has 0 saturated carbocycles. The molecular weight excluding hydrogens is 306 g/mol. The summed E-state index contributed by atoms with van der Waals surface area (Å²) in [6.45, 7) is 0. The van der Waals surface area contributed by atoms with Crippen molar-refractivity contribution in [1.82, 2.24) is 4.98 Å². The van der Waals surface area contributed by atoms with Crippen molar-refractivity contribution in [2.75, 3.05) is 5.32 Å².